The zero-order valence-corrected chi connectivity index (χ0v) is 13.4. The van der Waals surface area contributed by atoms with E-state index in [0.717, 1.165) is 18.3 Å². The van der Waals surface area contributed by atoms with Crippen LogP contribution in [0.3, 0.4) is 0 Å². The van der Waals surface area contributed by atoms with Gasteiger partial charge >= 0.3 is 11.7 Å². The van der Waals surface area contributed by atoms with Crippen molar-refractivity contribution in [1.29, 1.82) is 0 Å². The molecule has 0 amide bonds. The van der Waals surface area contributed by atoms with Crippen LogP contribution in [0.1, 0.15) is 5.56 Å². The number of allylic oxidation sites excluding steroid dienone is 1. The predicted molar refractivity (Wildman–Crippen MR) is 77.3 cm³/mol. The molecule has 0 saturated carbocycles. The lowest BCUT2D eigenvalue weighted by molar-refractivity contribution is -0.174. The average molecular weight is 425 g/mol. The SMILES string of the molecule is FC(F)(F)SC1=C(Br)C=NC1(c1ccc(Cl)cc1)C(F)(F)F. The van der Waals surface area contributed by atoms with E-state index in [1.165, 1.54) is 12.1 Å². The Bertz CT molecular complexity index is 637. The summed E-state index contributed by atoms with van der Waals surface area (Å²) in [5, 5.41) is 0.163. The number of halogens is 8. The lowest BCUT2D eigenvalue weighted by Gasteiger charge is -2.32. The summed E-state index contributed by atoms with van der Waals surface area (Å²) in [6, 6.07) is 4.36. The Labute approximate surface area is 138 Å². The summed E-state index contributed by atoms with van der Waals surface area (Å²) in [6.07, 6.45) is -4.32. The largest absolute Gasteiger partial charge is 0.446 e. The van der Waals surface area contributed by atoms with E-state index in [9.17, 15) is 26.3 Å². The van der Waals surface area contributed by atoms with Crippen molar-refractivity contribution in [3.63, 3.8) is 0 Å². The molecule has 0 aromatic heterocycles. The molecule has 0 fully saturated rings. The molecule has 1 atom stereocenters. The lowest BCUT2D eigenvalue weighted by atomic mass is 9.90. The number of aliphatic imine (C=N–C) groups is 1. The van der Waals surface area contributed by atoms with Gasteiger partial charge in [0.15, 0.2) is 0 Å². The molecule has 1 nitrogen and oxygen atoms in total. The third kappa shape index (κ3) is 3.16. The number of hydrogen-bond acceptors (Lipinski definition) is 2. The van der Waals surface area contributed by atoms with E-state index in [4.69, 9.17) is 11.6 Å². The topological polar surface area (TPSA) is 12.4 Å². The quantitative estimate of drug-likeness (QED) is 0.527. The average Bonchev–Trinajstić information content (AvgIpc) is 2.67. The van der Waals surface area contributed by atoms with Crippen LogP contribution in [-0.2, 0) is 5.54 Å². The van der Waals surface area contributed by atoms with Crippen molar-refractivity contribution in [3.05, 3.63) is 44.2 Å². The minimum atomic E-state index is -5.06. The molecular formula is C12H5BrClF6NS. The van der Waals surface area contributed by atoms with Gasteiger partial charge < -0.3 is 0 Å². The first-order chi connectivity index (χ1) is 9.97. The van der Waals surface area contributed by atoms with Crippen molar-refractivity contribution in [3.8, 4) is 0 Å². The highest BCUT2D eigenvalue weighted by atomic mass is 79.9. The maximum Gasteiger partial charge on any atom is 0.446 e. The Morgan fingerprint density at radius 2 is 1.59 bits per heavy atom. The number of thioether (sulfide) groups is 1. The number of benzene rings is 1. The van der Waals surface area contributed by atoms with Gasteiger partial charge in [0.1, 0.15) is 0 Å². The summed E-state index contributed by atoms with van der Waals surface area (Å²) < 4.78 is 78.5. The first kappa shape index (κ1) is 17.7. The van der Waals surface area contributed by atoms with E-state index in [1.807, 2.05) is 0 Å². The molecule has 1 aromatic rings. The molecule has 0 saturated heterocycles. The van der Waals surface area contributed by atoms with E-state index in [2.05, 4.69) is 20.9 Å². The maximum absolute atomic E-state index is 13.6. The second-order valence-corrected chi connectivity index (χ2v) is 6.56. The summed E-state index contributed by atoms with van der Waals surface area (Å²) in [5.74, 6) is 0. The number of nitrogens with zero attached hydrogens (tertiary/aromatic N) is 1. The van der Waals surface area contributed by atoms with E-state index in [1.54, 1.807) is 0 Å². The Hall–Kier alpha value is -0.670. The molecule has 1 aliphatic heterocycles. The van der Waals surface area contributed by atoms with Gasteiger partial charge in [-0.05, 0) is 45.4 Å². The van der Waals surface area contributed by atoms with Gasteiger partial charge in [-0.2, -0.15) is 26.3 Å². The van der Waals surface area contributed by atoms with Crippen molar-refractivity contribution in [2.24, 2.45) is 4.99 Å². The zero-order chi connectivity index (χ0) is 16.8. The fourth-order valence-corrected chi connectivity index (χ4v) is 3.52. The minimum absolute atomic E-state index is 0.163. The molecule has 0 radical (unpaired) electrons. The maximum atomic E-state index is 13.6. The van der Waals surface area contributed by atoms with Crippen LogP contribution >= 0.6 is 39.3 Å². The number of alkyl halides is 6. The van der Waals surface area contributed by atoms with Crippen LogP contribution in [0.4, 0.5) is 26.3 Å². The van der Waals surface area contributed by atoms with E-state index >= 15 is 0 Å². The molecule has 10 heteroatoms. The Kier molecular flexibility index (Phi) is 4.63. The summed E-state index contributed by atoms with van der Waals surface area (Å²) in [6.45, 7) is 0. The molecule has 2 rings (SSSR count). The van der Waals surface area contributed by atoms with Gasteiger partial charge in [0.2, 0.25) is 5.54 Å². The van der Waals surface area contributed by atoms with Crippen LogP contribution in [0.5, 0.6) is 0 Å². The van der Waals surface area contributed by atoms with E-state index in [0.29, 0.717) is 0 Å². The summed E-state index contributed by atoms with van der Waals surface area (Å²) in [4.78, 5) is 2.37. The van der Waals surface area contributed by atoms with Gasteiger partial charge in [-0.3, -0.25) is 4.99 Å². The summed E-state index contributed by atoms with van der Waals surface area (Å²) in [5.41, 5.74) is -8.43. The van der Waals surface area contributed by atoms with Crippen molar-refractivity contribution in [2.45, 2.75) is 17.2 Å². The third-order valence-corrected chi connectivity index (χ3v) is 4.87. The Balaban J connectivity index is 2.65. The molecule has 1 aromatic carbocycles. The van der Waals surface area contributed by atoms with Crippen LogP contribution in [0.15, 0.2) is 38.6 Å². The normalized spacial score (nSPS) is 22.5. The monoisotopic (exact) mass is 423 g/mol. The van der Waals surface area contributed by atoms with Crippen molar-refractivity contribution in [2.75, 3.05) is 0 Å². The van der Waals surface area contributed by atoms with Crippen molar-refractivity contribution in [1.82, 2.24) is 0 Å². The van der Waals surface area contributed by atoms with E-state index in [-0.39, 0.29) is 9.51 Å². The molecule has 22 heavy (non-hydrogen) atoms. The molecule has 1 unspecified atom stereocenters. The van der Waals surface area contributed by atoms with Gasteiger partial charge in [0, 0.05) is 15.7 Å². The van der Waals surface area contributed by atoms with Gasteiger partial charge in [-0.15, -0.1) is 0 Å². The molecule has 1 heterocycles. The fraction of sp³-hybridized carbons (Fsp3) is 0.250. The number of rotatable bonds is 2. The third-order valence-electron chi connectivity index (χ3n) is 2.81. The van der Waals surface area contributed by atoms with Crippen LogP contribution < -0.4 is 0 Å². The summed E-state index contributed by atoms with van der Waals surface area (Å²) >= 11 is 7.50. The lowest BCUT2D eigenvalue weighted by Crippen LogP contribution is -2.41. The molecule has 0 spiro atoms. The first-order valence-corrected chi connectivity index (χ1v) is 7.50. The highest BCUT2D eigenvalue weighted by Crippen LogP contribution is 2.58. The van der Waals surface area contributed by atoms with Crippen LogP contribution in [-0.4, -0.2) is 17.9 Å². The van der Waals surface area contributed by atoms with Crippen LogP contribution in [0.25, 0.3) is 0 Å². The highest BCUT2D eigenvalue weighted by Gasteiger charge is 2.62. The minimum Gasteiger partial charge on any atom is -0.265 e. The Morgan fingerprint density at radius 1 is 1.05 bits per heavy atom. The fourth-order valence-electron chi connectivity index (χ4n) is 1.94. The van der Waals surface area contributed by atoms with Crippen LogP contribution in [0, 0.1) is 0 Å². The zero-order valence-electron chi connectivity index (χ0n) is 10.3. The molecule has 1 aliphatic rings. The molecule has 0 N–H and O–H groups in total. The highest BCUT2D eigenvalue weighted by molar-refractivity contribution is 9.12. The van der Waals surface area contributed by atoms with E-state index < -0.39 is 39.5 Å². The standard InChI is InChI=1S/C12H5BrClF6NS/c13-8-5-21-10(11(15,16)17,9(8)22-12(18,19)20)6-1-3-7(14)4-2-6/h1-5H. The second-order valence-electron chi connectivity index (χ2n) is 4.20. The molecular weight excluding hydrogens is 420 g/mol. The molecule has 0 bridgehead atoms. The summed E-state index contributed by atoms with van der Waals surface area (Å²) in [7, 11) is 0. The molecule has 120 valence electrons. The van der Waals surface area contributed by atoms with Gasteiger partial charge in [0.05, 0.1) is 4.91 Å². The first-order valence-electron chi connectivity index (χ1n) is 5.51. The van der Waals surface area contributed by atoms with Gasteiger partial charge in [-0.25, -0.2) is 0 Å². The van der Waals surface area contributed by atoms with Gasteiger partial charge in [-0.1, -0.05) is 23.7 Å². The van der Waals surface area contributed by atoms with Crippen LogP contribution in [0.2, 0.25) is 5.02 Å². The van der Waals surface area contributed by atoms with Gasteiger partial charge in [0.25, 0.3) is 0 Å². The Morgan fingerprint density at radius 3 is 2.05 bits per heavy atom. The number of hydrogen-bond donors (Lipinski definition) is 0. The smallest absolute Gasteiger partial charge is 0.265 e. The predicted octanol–water partition coefficient (Wildman–Crippen LogP) is 6.04. The van der Waals surface area contributed by atoms with Crippen molar-refractivity contribution < 1.29 is 26.3 Å². The second kappa shape index (κ2) is 5.76. The van der Waals surface area contributed by atoms with Crippen molar-refractivity contribution >= 4 is 45.5 Å². The molecule has 0 aliphatic carbocycles.